The van der Waals surface area contributed by atoms with Crippen LogP contribution in [0, 0.1) is 0 Å². The number of nitrogens with one attached hydrogen (secondary N) is 1. The third-order valence-corrected chi connectivity index (χ3v) is 5.24. The Balaban J connectivity index is 1.55. The molecule has 10 heteroatoms. The average molecular weight is 435 g/mol. The van der Waals surface area contributed by atoms with Crippen LogP contribution in [0.4, 0.5) is 16.4 Å². The molecule has 2 aromatic heterocycles. The number of aromatic nitrogens is 4. The molecule has 0 bridgehead atoms. The van der Waals surface area contributed by atoms with Crippen molar-refractivity contribution in [1.29, 1.82) is 0 Å². The molecule has 1 saturated heterocycles. The van der Waals surface area contributed by atoms with Crippen LogP contribution in [0.2, 0.25) is 0 Å². The number of nitrogens with zero attached hydrogens (tertiary/aromatic N) is 6. The van der Waals surface area contributed by atoms with Crippen LogP contribution in [-0.2, 0) is 11.8 Å². The maximum atomic E-state index is 12.6. The molecule has 4 rings (SSSR count). The molecule has 3 heterocycles. The number of anilines is 2. The van der Waals surface area contributed by atoms with Crippen LogP contribution in [0.15, 0.2) is 53.7 Å². The fourth-order valence-electron chi connectivity index (χ4n) is 3.43. The molecular weight excluding hydrogens is 410 g/mol. The number of amides is 2. The predicted molar refractivity (Wildman–Crippen MR) is 121 cm³/mol. The van der Waals surface area contributed by atoms with E-state index in [9.17, 15) is 9.59 Å². The normalized spacial score (nSPS) is 16.0. The molecule has 166 valence electrons. The third kappa shape index (κ3) is 4.59. The van der Waals surface area contributed by atoms with Crippen molar-refractivity contribution in [2.75, 3.05) is 44.0 Å². The van der Waals surface area contributed by atoms with E-state index in [4.69, 9.17) is 9.72 Å². The van der Waals surface area contributed by atoms with Gasteiger partial charge in [-0.2, -0.15) is 0 Å². The number of carbonyl (C=O) groups excluding carboxylic acids is 1. The number of urea groups is 1. The van der Waals surface area contributed by atoms with Crippen molar-refractivity contribution >= 4 is 17.7 Å². The summed E-state index contributed by atoms with van der Waals surface area (Å²) in [6.07, 6.45) is 2.86. The van der Waals surface area contributed by atoms with Crippen LogP contribution in [-0.4, -0.2) is 64.2 Å². The van der Waals surface area contributed by atoms with E-state index >= 15 is 0 Å². The first-order valence-corrected chi connectivity index (χ1v) is 10.2. The Hall–Kier alpha value is -3.79. The van der Waals surface area contributed by atoms with Gasteiger partial charge in [0.25, 0.3) is 5.56 Å². The highest BCUT2D eigenvalue weighted by atomic mass is 16.5. The number of ether oxygens (including phenoxy) is 1. The Bertz CT molecular complexity index is 1150. The Kier molecular flexibility index (Phi) is 6.13. The molecular formula is C22H25N7O3. The molecule has 2 amide bonds. The van der Waals surface area contributed by atoms with Gasteiger partial charge >= 0.3 is 6.03 Å². The second kappa shape index (κ2) is 9.15. The van der Waals surface area contributed by atoms with E-state index in [0.29, 0.717) is 42.7 Å². The number of rotatable bonds is 4. The van der Waals surface area contributed by atoms with E-state index in [1.165, 1.54) is 21.9 Å². The first-order chi connectivity index (χ1) is 15.4. The highest BCUT2D eigenvalue weighted by molar-refractivity contribution is 5.88. The van der Waals surface area contributed by atoms with Gasteiger partial charge in [-0.1, -0.05) is 12.1 Å². The van der Waals surface area contributed by atoms with Gasteiger partial charge in [-0.25, -0.2) is 19.7 Å². The standard InChI is InChI=1S/C22H25N7O3/c1-27(2)22(31)25-16-6-4-15(5-7-16)19-13-29(10-11-32-19)21-26-18(12-20(30)28(21)3)17-8-9-23-14-24-17/h4-9,12,14,19H,10-11,13H2,1-3H3,(H,25,31)/t19-/m1/s1. The van der Waals surface area contributed by atoms with Crippen LogP contribution < -0.4 is 15.8 Å². The number of morpholine rings is 1. The highest BCUT2D eigenvalue weighted by Gasteiger charge is 2.25. The maximum absolute atomic E-state index is 12.6. The van der Waals surface area contributed by atoms with Gasteiger partial charge in [0.2, 0.25) is 5.95 Å². The second-order valence-corrected chi connectivity index (χ2v) is 7.69. The van der Waals surface area contributed by atoms with E-state index in [2.05, 4.69) is 15.3 Å². The van der Waals surface area contributed by atoms with Crippen LogP contribution in [0.1, 0.15) is 11.7 Å². The Morgan fingerprint density at radius 1 is 1.19 bits per heavy atom. The fourth-order valence-corrected chi connectivity index (χ4v) is 3.43. The van der Waals surface area contributed by atoms with Crippen molar-refractivity contribution in [2.45, 2.75) is 6.10 Å². The zero-order valence-corrected chi connectivity index (χ0v) is 18.2. The molecule has 1 aromatic carbocycles. The van der Waals surface area contributed by atoms with Gasteiger partial charge in [0.1, 0.15) is 12.4 Å². The molecule has 1 atom stereocenters. The lowest BCUT2D eigenvalue weighted by Crippen LogP contribution is -2.41. The number of hydrogen-bond acceptors (Lipinski definition) is 7. The summed E-state index contributed by atoms with van der Waals surface area (Å²) in [7, 11) is 5.09. The minimum atomic E-state index is -0.193. The summed E-state index contributed by atoms with van der Waals surface area (Å²) in [4.78, 5) is 40.8. The minimum absolute atomic E-state index is 0.160. The van der Waals surface area contributed by atoms with Crippen LogP contribution in [0.5, 0.6) is 0 Å². The van der Waals surface area contributed by atoms with E-state index in [0.717, 1.165) is 5.56 Å². The van der Waals surface area contributed by atoms with Gasteiger partial charge in [0.15, 0.2) is 0 Å². The molecule has 0 spiro atoms. The van der Waals surface area contributed by atoms with Gasteiger partial charge in [-0.15, -0.1) is 0 Å². The van der Waals surface area contributed by atoms with Gasteiger partial charge in [-0.05, 0) is 23.8 Å². The summed E-state index contributed by atoms with van der Waals surface area (Å²) in [5, 5.41) is 2.82. The molecule has 0 aliphatic carbocycles. The topological polar surface area (TPSA) is 105 Å². The molecule has 0 saturated carbocycles. The highest BCUT2D eigenvalue weighted by Crippen LogP contribution is 2.26. The molecule has 1 N–H and O–H groups in total. The van der Waals surface area contributed by atoms with Gasteiger partial charge < -0.3 is 19.9 Å². The number of benzene rings is 1. The van der Waals surface area contributed by atoms with Crippen LogP contribution >= 0.6 is 0 Å². The van der Waals surface area contributed by atoms with Gasteiger partial charge in [0, 0.05) is 45.6 Å². The van der Waals surface area contributed by atoms with E-state index < -0.39 is 0 Å². The molecule has 1 aliphatic heterocycles. The molecule has 1 aliphatic rings. The number of hydrogen-bond donors (Lipinski definition) is 1. The van der Waals surface area contributed by atoms with Crippen LogP contribution in [0.3, 0.4) is 0 Å². The summed E-state index contributed by atoms with van der Waals surface area (Å²) in [5.74, 6) is 0.564. The average Bonchev–Trinajstić information content (AvgIpc) is 2.82. The van der Waals surface area contributed by atoms with E-state index in [1.807, 2.05) is 29.2 Å². The van der Waals surface area contributed by atoms with Crippen molar-refractivity contribution < 1.29 is 9.53 Å². The quantitative estimate of drug-likeness (QED) is 0.667. The first kappa shape index (κ1) is 21.4. The predicted octanol–water partition coefficient (Wildman–Crippen LogP) is 1.91. The molecule has 0 radical (unpaired) electrons. The smallest absolute Gasteiger partial charge is 0.321 e. The Morgan fingerprint density at radius 2 is 1.97 bits per heavy atom. The lowest BCUT2D eigenvalue weighted by Gasteiger charge is -2.34. The molecule has 0 unspecified atom stereocenters. The first-order valence-electron chi connectivity index (χ1n) is 10.2. The fraction of sp³-hybridized carbons (Fsp3) is 0.318. The van der Waals surface area contributed by atoms with Crippen molar-refractivity contribution in [3.63, 3.8) is 0 Å². The monoisotopic (exact) mass is 435 g/mol. The molecule has 32 heavy (non-hydrogen) atoms. The summed E-state index contributed by atoms with van der Waals surface area (Å²) in [6, 6.07) is 10.6. The lowest BCUT2D eigenvalue weighted by atomic mass is 10.1. The van der Waals surface area contributed by atoms with Gasteiger partial charge in [0.05, 0.1) is 24.5 Å². The van der Waals surface area contributed by atoms with Crippen molar-refractivity contribution in [1.82, 2.24) is 24.4 Å². The number of carbonyl (C=O) groups is 1. The van der Waals surface area contributed by atoms with Crippen molar-refractivity contribution in [3.05, 3.63) is 64.8 Å². The summed E-state index contributed by atoms with van der Waals surface area (Å²) in [6.45, 7) is 1.65. The summed E-state index contributed by atoms with van der Waals surface area (Å²) < 4.78 is 7.52. The summed E-state index contributed by atoms with van der Waals surface area (Å²) in [5.41, 5.74) is 2.64. The summed E-state index contributed by atoms with van der Waals surface area (Å²) >= 11 is 0. The largest absolute Gasteiger partial charge is 0.370 e. The van der Waals surface area contributed by atoms with Crippen LogP contribution in [0.25, 0.3) is 11.4 Å². The zero-order valence-electron chi connectivity index (χ0n) is 18.2. The zero-order chi connectivity index (χ0) is 22.7. The van der Waals surface area contributed by atoms with Gasteiger partial charge in [-0.3, -0.25) is 9.36 Å². The SMILES string of the molecule is CN(C)C(=O)Nc1ccc([C@H]2CN(c3nc(-c4ccncn4)cc(=O)n3C)CCO2)cc1. The third-order valence-electron chi connectivity index (χ3n) is 5.24. The molecule has 1 fully saturated rings. The molecule has 10 nitrogen and oxygen atoms in total. The minimum Gasteiger partial charge on any atom is -0.370 e. The van der Waals surface area contributed by atoms with E-state index in [1.54, 1.807) is 33.4 Å². The molecule has 3 aromatic rings. The van der Waals surface area contributed by atoms with Crippen molar-refractivity contribution in [3.8, 4) is 11.4 Å². The van der Waals surface area contributed by atoms with E-state index in [-0.39, 0.29) is 17.7 Å². The maximum Gasteiger partial charge on any atom is 0.321 e. The Labute approximate surface area is 185 Å². The Morgan fingerprint density at radius 3 is 2.66 bits per heavy atom. The second-order valence-electron chi connectivity index (χ2n) is 7.69. The van der Waals surface area contributed by atoms with Crippen molar-refractivity contribution in [2.24, 2.45) is 7.05 Å². The lowest BCUT2D eigenvalue weighted by molar-refractivity contribution is 0.0390.